The molecule has 0 radical (unpaired) electrons. The third kappa shape index (κ3) is 3.78. The molecule has 1 aromatic carbocycles. The van der Waals surface area contributed by atoms with Gasteiger partial charge in [-0.05, 0) is 48.9 Å². The van der Waals surface area contributed by atoms with Gasteiger partial charge in [-0.25, -0.2) is 9.37 Å². The third-order valence-electron chi connectivity index (χ3n) is 4.91. The first-order valence-corrected chi connectivity index (χ1v) is 9.94. The predicted octanol–water partition coefficient (Wildman–Crippen LogP) is 3.18. The number of nitrogens with zero attached hydrogens (tertiary/aromatic N) is 2. The fourth-order valence-corrected chi connectivity index (χ4v) is 4.70. The lowest BCUT2D eigenvalue weighted by molar-refractivity contribution is -0.121. The second-order valence-corrected chi connectivity index (χ2v) is 7.91. The molecule has 0 bridgehead atoms. The van der Waals surface area contributed by atoms with E-state index >= 15 is 0 Å². The van der Waals surface area contributed by atoms with E-state index in [0.717, 1.165) is 41.6 Å². The van der Waals surface area contributed by atoms with E-state index in [2.05, 4.69) is 10.3 Å². The molecule has 0 saturated carbocycles. The van der Waals surface area contributed by atoms with E-state index in [9.17, 15) is 14.0 Å². The van der Waals surface area contributed by atoms with Crippen molar-refractivity contribution in [3.05, 3.63) is 62.8 Å². The van der Waals surface area contributed by atoms with Gasteiger partial charge in [0.15, 0.2) is 0 Å². The van der Waals surface area contributed by atoms with Crippen LogP contribution in [0, 0.1) is 5.82 Å². The van der Waals surface area contributed by atoms with Gasteiger partial charge < -0.3 is 5.32 Å². The van der Waals surface area contributed by atoms with Gasteiger partial charge in [0.25, 0.3) is 5.56 Å². The Morgan fingerprint density at radius 1 is 1.19 bits per heavy atom. The number of halogens is 1. The monoisotopic (exact) mass is 385 g/mol. The van der Waals surface area contributed by atoms with Crippen LogP contribution in [0.5, 0.6) is 0 Å². The summed E-state index contributed by atoms with van der Waals surface area (Å²) in [5, 5.41) is 3.45. The summed E-state index contributed by atoms with van der Waals surface area (Å²) in [5.41, 5.74) is 1.79. The lowest BCUT2D eigenvalue weighted by Gasteiger charge is -2.08. The van der Waals surface area contributed by atoms with Gasteiger partial charge in [0, 0.05) is 11.4 Å². The smallest absolute Gasteiger partial charge is 0.262 e. The number of aromatic nitrogens is 2. The minimum absolute atomic E-state index is 0.0758. The fourth-order valence-electron chi connectivity index (χ4n) is 3.48. The molecule has 1 aliphatic rings. The highest BCUT2D eigenvalue weighted by Crippen LogP contribution is 2.32. The zero-order valence-electron chi connectivity index (χ0n) is 14.8. The molecule has 2 heterocycles. The van der Waals surface area contributed by atoms with Crippen LogP contribution >= 0.6 is 11.3 Å². The molecular weight excluding hydrogens is 365 g/mol. The van der Waals surface area contributed by atoms with Gasteiger partial charge in [-0.3, -0.25) is 14.2 Å². The molecular formula is C20H20FN3O2S. The van der Waals surface area contributed by atoms with E-state index in [1.54, 1.807) is 23.5 Å². The highest BCUT2D eigenvalue weighted by atomic mass is 32.1. The molecule has 4 rings (SSSR count). The number of carbonyl (C=O) groups excluding carboxylic acids is 1. The van der Waals surface area contributed by atoms with Crippen molar-refractivity contribution in [3.8, 4) is 0 Å². The molecule has 140 valence electrons. The van der Waals surface area contributed by atoms with E-state index in [0.29, 0.717) is 5.39 Å². The number of aryl methyl sites for hydroxylation is 2. The molecule has 3 aromatic rings. The Morgan fingerprint density at radius 2 is 1.96 bits per heavy atom. The van der Waals surface area contributed by atoms with Crippen molar-refractivity contribution in [3.63, 3.8) is 0 Å². The van der Waals surface area contributed by atoms with Crippen LogP contribution in [0.4, 0.5) is 4.39 Å². The Morgan fingerprint density at radius 3 is 2.78 bits per heavy atom. The summed E-state index contributed by atoms with van der Waals surface area (Å²) >= 11 is 1.61. The lowest BCUT2D eigenvalue weighted by Crippen LogP contribution is -2.32. The molecule has 5 nitrogen and oxygen atoms in total. The molecule has 0 fully saturated rings. The van der Waals surface area contributed by atoms with E-state index in [4.69, 9.17) is 0 Å². The molecule has 0 atom stereocenters. The summed E-state index contributed by atoms with van der Waals surface area (Å²) < 4.78 is 14.3. The normalized spacial score (nSPS) is 14.0. The standard InChI is InChI=1S/C20H20FN3O2S/c21-14-8-6-13(7-9-14)10-22-17(25)11-24-12-23-19-18(20(24)26)15-4-2-1-3-5-16(15)27-19/h6-9,12H,1-5,10-11H2,(H,22,25). The van der Waals surface area contributed by atoms with Crippen LogP contribution in [0.3, 0.4) is 0 Å². The second-order valence-electron chi connectivity index (χ2n) is 6.83. The van der Waals surface area contributed by atoms with Crippen LogP contribution in [0.25, 0.3) is 10.2 Å². The number of hydrogen-bond acceptors (Lipinski definition) is 4. The number of amides is 1. The Balaban J connectivity index is 1.52. The topological polar surface area (TPSA) is 64.0 Å². The number of nitrogens with one attached hydrogen (secondary N) is 1. The summed E-state index contributed by atoms with van der Waals surface area (Å²) in [7, 11) is 0. The number of fused-ring (bicyclic) bond motifs is 3. The number of benzene rings is 1. The summed E-state index contributed by atoms with van der Waals surface area (Å²) in [6, 6.07) is 5.95. The molecule has 1 amide bonds. The minimum Gasteiger partial charge on any atom is -0.350 e. The Bertz CT molecular complexity index is 1040. The van der Waals surface area contributed by atoms with Gasteiger partial charge in [0.2, 0.25) is 5.91 Å². The maximum absolute atomic E-state index is 12.9. The maximum Gasteiger partial charge on any atom is 0.262 e. The van der Waals surface area contributed by atoms with Crippen LogP contribution in [-0.4, -0.2) is 15.5 Å². The molecule has 0 aliphatic heterocycles. The van der Waals surface area contributed by atoms with Gasteiger partial charge in [-0.15, -0.1) is 11.3 Å². The van der Waals surface area contributed by atoms with Crippen LogP contribution < -0.4 is 10.9 Å². The molecule has 0 spiro atoms. The van der Waals surface area contributed by atoms with E-state index in [1.807, 2.05) is 0 Å². The van der Waals surface area contributed by atoms with E-state index < -0.39 is 0 Å². The first-order valence-electron chi connectivity index (χ1n) is 9.12. The third-order valence-corrected chi connectivity index (χ3v) is 6.11. The molecule has 7 heteroatoms. The van der Waals surface area contributed by atoms with Gasteiger partial charge in [-0.1, -0.05) is 18.6 Å². The quantitative estimate of drug-likeness (QED) is 0.702. The minimum atomic E-state index is -0.314. The van der Waals surface area contributed by atoms with Crippen molar-refractivity contribution in [1.82, 2.24) is 14.9 Å². The van der Waals surface area contributed by atoms with Crippen molar-refractivity contribution in [2.45, 2.75) is 45.2 Å². The highest BCUT2D eigenvalue weighted by molar-refractivity contribution is 7.18. The van der Waals surface area contributed by atoms with Gasteiger partial charge in [-0.2, -0.15) is 0 Å². The summed E-state index contributed by atoms with van der Waals surface area (Å²) in [4.78, 5) is 31.6. The van der Waals surface area contributed by atoms with Crippen molar-refractivity contribution < 1.29 is 9.18 Å². The molecule has 1 aliphatic carbocycles. The Hall–Kier alpha value is -2.54. The summed E-state index contributed by atoms with van der Waals surface area (Å²) in [6.07, 6.45) is 6.80. The summed E-state index contributed by atoms with van der Waals surface area (Å²) in [6.45, 7) is 0.213. The van der Waals surface area contributed by atoms with Gasteiger partial charge >= 0.3 is 0 Å². The molecule has 0 unspecified atom stereocenters. The van der Waals surface area contributed by atoms with Crippen molar-refractivity contribution in [2.75, 3.05) is 0 Å². The van der Waals surface area contributed by atoms with Crippen LogP contribution in [0.15, 0.2) is 35.4 Å². The van der Waals surface area contributed by atoms with Crippen molar-refractivity contribution in [1.29, 1.82) is 0 Å². The molecule has 27 heavy (non-hydrogen) atoms. The lowest BCUT2D eigenvalue weighted by atomic mass is 10.1. The number of rotatable bonds is 4. The first kappa shape index (κ1) is 17.9. The number of hydrogen-bond donors (Lipinski definition) is 1. The van der Waals surface area contributed by atoms with Gasteiger partial charge in [0.05, 0.1) is 11.7 Å². The van der Waals surface area contributed by atoms with Crippen molar-refractivity contribution in [2.24, 2.45) is 0 Å². The summed E-state index contributed by atoms with van der Waals surface area (Å²) in [5.74, 6) is -0.588. The zero-order chi connectivity index (χ0) is 18.8. The zero-order valence-corrected chi connectivity index (χ0v) is 15.7. The average molecular weight is 385 g/mol. The number of thiophene rings is 1. The average Bonchev–Trinajstić information content (AvgIpc) is 2.86. The number of carbonyl (C=O) groups is 1. The largest absolute Gasteiger partial charge is 0.350 e. The first-order chi connectivity index (χ1) is 13.1. The van der Waals surface area contributed by atoms with Gasteiger partial charge in [0.1, 0.15) is 17.2 Å². The fraction of sp³-hybridized carbons (Fsp3) is 0.350. The molecule has 0 saturated heterocycles. The van der Waals surface area contributed by atoms with E-state index in [1.165, 1.54) is 34.3 Å². The van der Waals surface area contributed by atoms with Crippen LogP contribution in [-0.2, 0) is 30.7 Å². The predicted molar refractivity (Wildman–Crippen MR) is 103 cm³/mol. The second kappa shape index (κ2) is 7.60. The van der Waals surface area contributed by atoms with Crippen molar-refractivity contribution >= 4 is 27.5 Å². The van der Waals surface area contributed by atoms with Crippen LogP contribution in [0.2, 0.25) is 0 Å². The Labute approximate surface area is 159 Å². The maximum atomic E-state index is 12.9. The van der Waals surface area contributed by atoms with E-state index in [-0.39, 0.29) is 30.4 Å². The Kier molecular flexibility index (Phi) is 5.03. The highest BCUT2D eigenvalue weighted by Gasteiger charge is 2.19. The van der Waals surface area contributed by atoms with Crippen LogP contribution in [0.1, 0.15) is 35.3 Å². The molecule has 1 N–H and O–H groups in total. The molecule has 2 aromatic heterocycles. The SMILES string of the molecule is O=C(Cn1cnc2sc3c(c2c1=O)CCCCC3)NCc1ccc(F)cc1.